The van der Waals surface area contributed by atoms with Crippen LogP contribution in [0.3, 0.4) is 0 Å². The normalized spacial score (nSPS) is 13.7. The van der Waals surface area contributed by atoms with Gasteiger partial charge in [0.25, 0.3) is 0 Å². The molecule has 0 aliphatic carbocycles. The lowest BCUT2D eigenvalue weighted by molar-refractivity contribution is 0.111. The predicted octanol–water partition coefficient (Wildman–Crippen LogP) is 4.61. The molecule has 0 bridgehead atoms. The van der Waals surface area contributed by atoms with Crippen molar-refractivity contribution in [3.8, 4) is 16.9 Å². The largest absolute Gasteiger partial charge is 0.376 e. The lowest BCUT2D eigenvalue weighted by Gasteiger charge is -2.21. The Morgan fingerprint density at radius 1 is 1.00 bits per heavy atom. The molecule has 4 aromatic rings. The highest BCUT2D eigenvalue weighted by Crippen LogP contribution is 2.35. The summed E-state index contributed by atoms with van der Waals surface area (Å²) in [6.07, 6.45) is 0.823. The van der Waals surface area contributed by atoms with Crippen molar-refractivity contribution >= 4 is 11.0 Å². The van der Waals surface area contributed by atoms with Crippen LogP contribution in [0.2, 0.25) is 0 Å². The van der Waals surface area contributed by atoms with Gasteiger partial charge in [-0.15, -0.1) is 0 Å². The minimum atomic E-state index is -0.255. The summed E-state index contributed by atoms with van der Waals surface area (Å²) in [6.45, 7) is 3.22. The summed E-state index contributed by atoms with van der Waals surface area (Å²) in [7, 11) is 0. The lowest BCUT2D eigenvalue weighted by Crippen LogP contribution is -2.13. The van der Waals surface area contributed by atoms with Crippen molar-refractivity contribution in [1.29, 1.82) is 0 Å². The van der Waals surface area contributed by atoms with E-state index in [2.05, 4.69) is 0 Å². The second-order valence-corrected chi connectivity index (χ2v) is 6.76. The number of aryl methyl sites for hydroxylation is 1. The van der Waals surface area contributed by atoms with Crippen molar-refractivity contribution in [2.45, 2.75) is 20.0 Å². The van der Waals surface area contributed by atoms with Gasteiger partial charge in [0.05, 0.1) is 30.3 Å². The third-order valence-corrected chi connectivity index (χ3v) is 5.07. The maximum absolute atomic E-state index is 13.4. The van der Waals surface area contributed by atoms with E-state index in [9.17, 15) is 4.39 Å². The number of hydrogen-bond donors (Lipinski definition) is 0. The first-order chi connectivity index (χ1) is 13.2. The number of ether oxygens (including phenoxy) is 1. The first-order valence-electron chi connectivity index (χ1n) is 9.02. The van der Waals surface area contributed by atoms with Crippen molar-refractivity contribution in [2.24, 2.45) is 0 Å². The summed E-state index contributed by atoms with van der Waals surface area (Å²) in [5.74, 6) is -0.255. The van der Waals surface area contributed by atoms with Crippen molar-refractivity contribution in [3.63, 3.8) is 0 Å². The molecule has 134 valence electrons. The van der Waals surface area contributed by atoms with Gasteiger partial charge in [-0.3, -0.25) is 0 Å². The molecule has 5 heteroatoms. The first-order valence-corrected chi connectivity index (χ1v) is 9.02. The molecule has 5 rings (SSSR count). The minimum Gasteiger partial charge on any atom is -0.376 e. The summed E-state index contributed by atoms with van der Waals surface area (Å²) in [6, 6.07) is 16.5. The maximum atomic E-state index is 13.4. The van der Waals surface area contributed by atoms with Crippen LogP contribution in [0.15, 0.2) is 54.6 Å². The van der Waals surface area contributed by atoms with Gasteiger partial charge < -0.3 is 4.74 Å². The molecule has 27 heavy (non-hydrogen) atoms. The zero-order valence-corrected chi connectivity index (χ0v) is 14.9. The third-order valence-electron chi connectivity index (χ3n) is 5.07. The van der Waals surface area contributed by atoms with Crippen LogP contribution in [-0.4, -0.2) is 21.4 Å². The molecular weight excluding hydrogens is 341 g/mol. The molecule has 1 aliphatic rings. The Morgan fingerprint density at radius 2 is 1.78 bits per heavy atom. The molecule has 0 fully saturated rings. The van der Waals surface area contributed by atoms with E-state index in [1.165, 1.54) is 17.7 Å². The van der Waals surface area contributed by atoms with E-state index in [4.69, 9.17) is 14.8 Å². The number of para-hydroxylation sites is 1. The number of aromatic nitrogens is 3. The van der Waals surface area contributed by atoms with Crippen LogP contribution in [0.25, 0.3) is 28.0 Å². The second-order valence-electron chi connectivity index (χ2n) is 6.76. The Balaban J connectivity index is 1.84. The number of pyridine rings is 1. The highest BCUT2D eigenvalue weighted by molar-refractivity contribution is 5.88. The average Bonchev–Trinajstić information content (AvgIpc) is 3.05. The zero-order chi connectivity index (χ0) is 18.4. The second kappa shape index (κ2) is 6.28. The number of benzene rings is 2. The molecule has 1 aliphatic heterocycles. The Kier molecular flexibility index (Phi) is 3.76. The van der Waals surface area contributed by atoms with Crippen LogP contribution in [0, 0.1) is 12.7 Å². The van der Waals surface area contributed by atoms with E-state index in [1.54, 1.807) is 12.1 Å². The minimum absolute atomic E-state index is 0.255. The Hall–Kier alpha value is -3.05. The number of fused-ring (bicyclic) bond motifs is 3. The molecule has 0 amide bonds. The van der Waals surface area contributed by atoms with Gasteiger partial charge in [-0.05, 0) is 55.3 Å². The third kappa shape index (κ3) is 2.62. The zero-order valence-electron chi connectivity index (χ0n) is 14.9. The molecule has 2 aromatic carbocycles. The van der Waals surface area contributed by atoms with Crippen LogP contribution in [0.5, 0.6) is 0 Å². The van der Waals surface area contributed by atoms with E-state index < -0.39 is 0 Å². The van der Waals surface area contributed by atoms with Crippen LogP contribution < -0.4 is 0 Å². The van der Waals surface area contributed by atoms with E-state index in [0.717, 1.165) is 45.7 Å². The van der Waals surface area contributed by atoms with Gasteiger partial charge in [0.1, 0.15) is 5.82 Å². The predicted molar refractivity (Wildman–Crippen MR) is 102 cm³/mol. The van der Waals surface area contributed by atoms with Crippen LogP contribution in [0.4, 0.5) is 4.39 Å². The standard InChI is InChI=1S/C22H18FN3O/c1-14-20-18-11-12-27-13-19(18)21(15-7-9-16(23)10-8-15)24-22(20)26(25-14)17-5-3-2-4-6-17/h2-10H,11-13H2,1H3. The Bertz CT molecular complexity index is 1130. The molecule has 4 nitrogen and oxygen atoms in total. The number of hydrogen-bond acceptors (Lipinski definition) is 3. The van der Waals surface area contributed by atoms with E-state index >= 15 is 0 Å². The van der Waals surface area contributed by atoms with Gasteiger partial charge in [-0.2, -0.15) is 5.10 Å². The summed E-state index contributed by atoms with van der Waals surface area (Å²) in [4.78, 5) is 4.98. The lowest BCUT2D eigenvalue weighted by atomic mass is 9.95. The first kappa shape index (κ1) is 16.1. The van der Waals surface area contributed by atoms with Gasteiger partial charge in [0, 0.05) is 16.5 Å². The van der Waals surface area contributed by atoms with Gasteiger partial charge in [0.2, 0.25) is 0 Å². The quantitative estimate of drug-likeness (QED) is 0.525. The molecule has 0 spiro atoms. The van der Waals surface area contributed by atoms with Crippen LogP contribution in [-0.2, 0) is 17.8 Å². The van der Waals surface area contributed by atoms with Crippen LogP contribution >= 0.6 is 0 Å². The fourth-order valence-electron chi connectivity index (χ4n) is 3.81. The fourth-order valence-corrected chi connectivity index (χ4v) is 3.81. The molecule has 2 aromatic heterocycles. The highest BCUT2D eigenvalue weighted by Gasteiger charge is 2.24. The molecule has 0 saturated heterocycles. The average molecular weight is 359 g/mol. The smallest absolute Gasteiger partial charge is 0.164 e. The molecule has 0 atom stereocenters. The summed E-state index contributed by atoms with van der Waals surface area (Å²) in [5, 5.41) is 5.87. The summed E-state index contributed by atoms with van der Waals surface area (Å²) < 4.78 is 21.0. The number of halogens is 1. The van der Waals surface area contributed by atoms with Crippen molar-refractivity contribution < 1.29 is 9.13 Å². The summed E-state index contributed by atoms with van der Waals surface area (Å²) >= 11 is 0. The van der Waals surface area contributed by atoms with E-state index in [0.29, 0.717) is 13.2 Å². The molecule has 0 saturated carbocycles. The van der Waals surface area contributed by atoms with Crippen molar-refractivity contribution in [3.05, 3.63) is 77.2 Å². The molecule has 3 heterocycles. The number of rotatable bonds is 2. The Labute approximate surface area is 156 Å². The van der Waals surface area contributed by atoms with Gasteiger partial charge in [-0.1, -0.05) is 18.2 Å². The van der Waals surface area contributed by atoms with Crippen molar-refractivity contribution in [1.82, 2.24) is 14.8 Å². The van der Waals surface area contributed by atoms with E-state index in [-0.39, 0.29) is 5.82 Å². The van der Waals surface area contributed by atoms with Crippen molar-refractivity contribution in [2.75, 3.05) is 6.61 Å². The summed E-state index contributed by atoms with van der Waals surface area (Å²) in [5.41, 5.74) is 6.82. The highest BCUT2D eigenvalue weighted by atomic mass is 19.1. The SMILES string of the molecule is Cc1nn(-c2ccccc2)c2nc(-c3ccc(F)cc3)c3c(c12)CCOC3. The van der Waals surface area contributed by atoms with Gasteiger partial charge >= 0.3 is 0 Å². The Morgan fingerprint density at radius 3 is 2.56 bits per heavy atom. The fraction of sp³-hybridized carbons (Fsp3) is 0.182. The maximum Gasteiger partial charge on any atom is 0.164 e. The molecular formula is C22H18FN3O. The molecule has 0 unspecified atom stereocenters. The monoisotopic (exact) mass is 359 g/mol. The topological polar surface area (TPSA) is 39.9 Å². The number of nitrogens with zero attached hydrogens (tertiary/aromatic N) is 3. The van der Waals surface area contributed by atoms with E-state index in [1.807, 2.05) is 41.9 Å². The molecule has 0 radical (unpaired) electrons. The molecule has 0 N–H and O–H groups in total. The van der Waals surface area contributed by atoms with Crippen LogP contribution in [0.1, 0.15) is 16.8 Å². The van der Waals surface area contributed by atoms with Gasteiger partial charge in [0.15, 0.2) is 5.65 Å². The van der Waals surface area contributed by atoms with Gasteiger partial charge in [-0.25, -0.2) is 14.1 Å².